The molecule has 0 fully saturated rings. The van der Waals surface area contributed by atoms with E-state index >= 15 is 0 Å². The van der Waals surface area contributed by atoms with Gasteiger partial charge in [-0.2, -0.15) is 0 Å². The van der Waals surface area contributed by atoms with E-state index in [4.69, 9.17) is 0 Å². The third-order valence-electron chi connectivity index (χ3n) is 0. The quantitative estimate of drug-likeness (QED) is 0.242. The summed E-state index contributed by atoms with van der Waals surface area (Å²) in [5.74, 6) is 0. The molecule has 0 aromatic carbocycles. The van der Waals surface area contributed by atoms with Gasteiger partial charge in [-0.05, 0) is 0 Å². The molecule has 0 aromatic rings. The first-order chi connectivity index (χ1) is 0. The van der Waals surface area contributed by atoms with Gasteiger partial charge >= 0.3 is 20.4 Å². The Bertz CT molecular complexity index is 4.14. The largest absolute Gasteiger partial charge is 6.00 e. The molecule has 0 nitrogen and oxygen atoms in total. The SMILES string of the molecule is [Br-].[Br-].[Br-].[Br-].[Br-].[Br-].[Re+6]. The van der Waals surface area contributed by atoms with Crippen LogP contribution in [0.25, 0.3) is 0 Å². The normalized spacial score (nSPS) is 0. The predicted octanol–water partition coefficient (Wildman–Crippen LogP) is -18.0. The van der Waals surface area contributed by atoms with Crippen LogP contribution in [-0.4, -0.2) is 0 Å². The Labute approximate surface area is 120 Å². The Kier molecular flexibility index (Phi) is 606. The molecule has 0 rings (SSSR count). The molecule has 0 amide bonds. The van der Waals surface area contributed by atoms with Crippen LogP contribution >= 0.6 is 0 Å². The van der Waals surface area contributed by atoms with Gasteiger partial charge in [0.05, 0.1) is 0 Å². The van der Waals surface area contributed by atoms with Gasteiger partial charge in [-0.3, -0.25) is 0 Å². The molecule has 0 bridgehead atoms. The molecule has 0 atom stereocenters. The average molecular weight is 666 g/mol. The zero-order chi connectivity index (χ0) is 0. The van der Waals surface area contributed by atoms with Crippen molar-refractivity contribution in [3.8, 4) is 0 Å². The summed E-state index contributed by atoms with van der Waals surface area (Å²) in [6, 6.07) is 0. The van der Waals surface area contributed by atoms with Crippen LogP contribution in [0, 0.1) is 0 Å². The van der Waals surface area contributed by atoms with E-state index in [1.54, 1.807) is 0 Å². The second-order valence-corrected chi connectivity index (χ2v) is 0. The summed E-state index contributed by atoms with van der Waals surface area (Å²) in [5, 5.41) is 0. The molecule has 0 aliphatic carbocycles. The fourth-order valence-electron chi connectivity index (χ4n) is 0. The molecule has 0 unspecified atom stereocenters. The summed E-state index contributed by atoms with van der Waals surface area (Å²) in [6.07, 6.45) is 0. The van der Waals surface area contributed by atoms with Crippen molar-refractivity contribution in [2.45, 2.75) is 0 Å². The van der Waals surface area contributed by atoms with Crippen LogP contribution in [-0.2, 0) is 20.4 Å². The molecular weight excluding hydrogens is 666 g/mol. The second-order valence-electron chi connectivity index (χ2n) is 0. The predicted molar refractivity (Wildman–Crippen MR) is 0 cm³/mol. The van der Waals surface area contributed by atoms with Gasteiger partial charge < -0.3 is 102 Å². The van der Waals surface area contributed by atoms with Crippen LogP contribution in [0.2, 0.25) is 0 Å². The zero-order valence-corrected chi connectivity index (χ0v) is 14.9. The molecule has 0 aromatic heterocycles. The average Bonchev–Trinajstić information content (AvgIpc) is 0. The van der Waals surface area contributed by atoms with Gasteiger partial charge in [0.25, 0.3) is 0 Å². The van der Waals surface area contributed by atoms with Gasteiger partial charge in [-0.25, -0.2) is 0 Å². The molecule has 0 aliphatic rings. The van der Waals surface area contributed by atoms with Crippen molar-refractivity contribution >= 4 is 0 Å². The first-order valence-electron chi connectivity index (χ1n) is 0. The molecule has 7 heteroatoms. The van der Waals surface area contributed by atoms with E-state index in [1.165, 1.54) is 0 Å². The minimum atomic E-state index is 0. The van der Waals surface area contributed by atoms with E-state index in [2.05, 4.69) is 0 Å². The molecular formula is Br6Re. The Hall–Kier alpha value is 3.54. The van der Waals surface area contributed by atoms with E-state index in [-0.39, 0.29) is 122 Å². The van der Waals surface area contributed by atoms with Crippen LogP contribution in [0.4, 0.5) is 0 Å². The maximum Gasteiger partial charge on any atom is 6.00 e. The smallest absolute Gasteiger partial charge is 1.00 e. The number of halogens is 6. The van der Waals surface area contributed by atoms with Gasteiger partial charge in [0.15, 0.2) is 0 Å². The van der Waals surface area contributed by atoms with Gasteiger partial charge in [-0.1, -0.05) is 0 Å². The minimum absolute atomic E-state index is 0. The van der Waals surface area contributed by atoms with E-state index in [9.17, 15) is 0 Å². The maximum atomic E-state index is 0. The van der Waals surface area contributed by atoms with E-state index in [0.717, 1.165) is 0 Å². The maximum absolute atomic E-state index is 0. The molecule has 0 saturated heterocycles. The minimum Gasteiger partial charge on any atom is -1.00 e. The zero-order valence-electron chi connectivity index (χ0n) is 2.65. The summed E-state index contributed by atoms with van der Waals surface area (Å²) >= 11 is 0. The summed E-state index contributed by atoms with van der Waals surface area (Å²) in [5.41, 5.74) is 0. The number of hydrogen-bond acceptors (Lipinski definition) is 0. The van der Waals surface area contributed by atoms with Crippen molar-refractivity contribution in [3.63, 3.8) is 0 Å². The van der Waals surface area contributed by atoms with Gasteiger partial charge in [-0.15, -0.1) is 0 Å². The van der Waals surface area contributed by atoms with Crippen LogP contribution in [0.15, 0.2) is 0 Å². The van der Waals surface area contributed by atoms with Crippen molar-refractivity contribution in [1.29, 1.82) is 0 Å². The van der Waals surface area contributed by atoms with Gasteiger partial charge in [0.1, 0.15) is 0 Å². The van der Waals surface area contributed by atoms with Crippen molar-refractivity contribution in [1.82, 2.24) is 0 Å². The molecule has 0 heterocycles. The van der Waals surface area contributed by atoms with E-state index < -0.39 is 0 Å². The Morgan fingerprint density at radius 2 is 0.286 bits per heavy atom. The van der Waals surface area contributed by atoms with E-state index in [1.807, 2.05) is 0 Å². The van der Waals surface area contributed by atoms with Gasteiger partial charge in [0, 0.05) is 0 Å². The fraction of sp³-hybridized carbons (Fsp3) is 0. The van der Waals surface area contributed by atoms with E-state index in [0.29, 0.717) is 0 Å². The van der Waals surface area contributed by atoms with Crippen molar-refractivity contribution < 1.29 is 122 Å². The third kappa shape index (κ3) is 43.3. The van der Waals surface area contributed by atoms with Crippen molar-refractivity contribution in [3.05, 3.63) is 0 Å². The molecule has 0 spiro atoms. The van der Waals surface area contributed by atoms with Crippen molar-refractivity contribution in [2.75, 3.05) is 0 Å². The van der Waals surface area contributed by atoms with Crippen LogP contribution in [0.3, 0.4) is 0 Å². The summed E-state index contributed by atoms with van der Waals surface area (Å²) in [7, 11) is 0. The summed E-state index contributed by atoms with van der Waals surface area (Å²) in [4.78, 5) is 0. The van der Waals surface area contributed by atoms with Crippen LogP contribution in [0.1, 0.15) is 0 Å². The fourth-order valence-corrected chi connectivity index (χ4v) is 0. The molecule has 7 heavy (non-hydrogen) atoms. The first kappa shape index (κ1) is 76.5. The van der Waals surface area contributed by atoms with Crippen molar-refractivity contribution in [2.24, 2.45) is 0 Å². The van der Waals surface area contributed by atoms with Crippen LogP contribution in [0.5, 0.6) is 0 Å². The molecule has 0 saturated carbocycles. The Morgan fingerprint density at radius 1 is 0.286 bits per heavy atom. The summed E-state index contributed by atoms with van der Waals surface area (Å²) in [6.45, 7) is 0. The number of hydrogen-bond donors (Lipinski definition) is 0. The molecule has 0 aliphatic heterocycles. The van der Waals surface area contributed by atoms with Crippen LogP contribution < -0.4 is 102 Å². The Morgan fingerprint density at radius 3 is 0.286 bits per heavy atom. The molecule has 1 radical (unpaired) electrons. The first-order valence-corrected chi connectivity index (χ1v) is 0. The van der Waals surface area contributed by atoms with Gasteiger partial charge in [0.2, 0.25) is 0 Å². The monoisotopic (exact) mass is 660 g/mol. The second kappa shape index (κ2) is 55.5. The molecule has 49 valence electrons. The number of rotatable bonds is 0. The third-order valence-corrected chi connectivity index (χ3v) is 0. The molecule has 0 N–H and O–H groups in total. The summed E-state index contributed by atoms with van der Waals surface area (Å²) < 4.78 is 0. The Balaban J connectivity index is 0. The standard InChI is InChI=1S/6BrH.Re/h6*1H;/q;;;;;;+6/p-6. The topological polar surface area (TPSA) is 0 Å².